The lowest BCUT2D eigenvalue weighted by atomic mass is 10.2. The molecule has 0 heterocycles. The summed E-state index contributed by atoms with van der Waals surface area (Å²) >= 11 is 9.69. The number of hydrazone groups is 1. The molecule has 2 amide bonds. The van der Waals surface area contributed by atoms with E-state index in [1.807, 2.05) is 25.1 Å². The third-order valence-electron chi connectivity index (χ3n) is 5.01. The second-order valence-corrected chi connectivity index (χ2v) is 8.97. The molecule has 3 aromatic rings. The van der Waals surface area contributed by atoms with Crippen LogP contribution in [0.1, 0.15) is 30.9 Å². The normalized spacial score (nSPS) is 10.7. The number of nitrogens with zero attached hydrogens (tertiary/aromatic N) is 1. The Hall–Kier alpha value is -3.56. The predicted molar refractivity (Wildman–Crippen MR) is 148 cm³/mol. The van der Waals surface area contributed by atoms with Crippen LogP contribution in [0.4, 0.5) is 5.69 Å². The summed E-state index contributed by atoms with van der Waals surface area (Å²) < 4.78 is 17.4. The third-order valence-corrected chi connectivity index (χ3v) is 5.97. The zero-order valence-electron chi connectivity index (χ0n) is 20.4. The molecule has 0 bridgehead atoms. The number of rotatable bonds is 12. The highest BCUT2D eigenvalue weighted by Crippen LogP contribution is 2.37. The first kappa shape index (κ1) is 28.0. The molecule has 0 fully saturated rings. The second kappa shape index (κ2) is 14.2. The quantitative estimate of drug-likeness (QED) is 0.201. The fourth-order valence-electron chi connectivity index (χ4n) is 3.21. The first-order valence-electron chi connectivity index (χ1n) is 11.5. The van der Waals surface area contributed by atoms with Crippen LogP contribution in [0.5, 0.6) is 17.2 Å². The van der Waals surface area contributed by atoms with Gasteiger partial charge in [0.2, 0.25) is 11.8 Å². The lowest BCUT2D eigenvalue weighted by molar-refractivity contribution is -0.124. The largest absolute Gasteiger partial charge is 0.494 e. The van der Waals surface area contributed by atoms with Gasteiger partial charge in [0, 0.05) is 29.1 Å². The van der Waals surface area contributed by atoms with Crippen molar-refractivity contribution in [2.45, 2.75) is 26.4 Å². The number of anilines is 1. The fraction of sp³-hybridized carbons (Fsp3) is 0.222. The summed E-state index contributed by atoms with van der Waals surface area (Å²) in [7, 11) is 1.53. The van der Waals surface area contributed by atoms with Gasteiger partial charge in [-0.05, 0) is 70.9 Å². The first-order chi connectivity index (χ1) is 17.9. The molecule has 0 radical (unpaired) electrons. The van der Waals surface area contributed by atoms with Gasteiger partial charge in [0.25, 0.3) is 0 Å². The lowest BCUT2D eigenvalue weighted by Crippen LogP contribution is -2.20. The minimum atomic E-state index is -0.385. The van der Waals surface area contributed by atoms with E-state index >= 15 is 0 Å². The fourth-order valence-corrected chi connectivity index (χ4v) is 3.97. The molecule has 3 rings (SSSR count). The topological polar surface area (TPSA) is 98.2 Å². The van der Waals surface area contributed by atoms with E-state index in [1.54, 1.807) is 42.5 Å². The molecule has 0 aliphatic carbocycles. The molecule has 0 saturated heterocycles. The Morgan fingerprint density at radius 2 is 1.76 bits per heavy atom. The Morgan fingerprint density at radius 3 is 2.46 bits per heavy atom. The zero-order valence-corrected chi connectivity index (χ0v) is 22.8. The average Bonchev–Trinajstić information content (AvgIpc) is 2.89. The Kier molecular flexibility index (Phi) is 10.8. The Labute approximate surface area is 229 Å². The third kappa shape index (κ3) is 8.80. The van der Waals surface area contributed by atoms with Crippen LogP contribution in [-0.4, -0.2) is 31.7 Å². The molecular formula is C27H27BrClN3O5. The van der Waals surface area contributed by atoms with Crippen LogP contribution in [0.25, 0.3) is 0 Å². The molecule has 0 saturated carbocycles. The number of nitrogens with one attached hydrogen (secondary N) is 2. The molecular weight excluding hydrogens is 562 g/mol. The number of ether oxygens (including phenoxy) is 3. The van der Waals surface area contributed by atoms with Crippen LogP contribution in [0, 0.1) is 0 Å². The molecule has 194 valence electrons. The smallest absolute Gasteiger partial charge is 0.240 e. The van der Waals surface area contributed by atoms with Crippen LogP contribution < -0.4 is 25.0 Å². The highest BCUT2D eigenvalue weighted by atomic mass is 79.9. The highest BCUT2D eigenvalue weighted by molar-refractivity contribution is 9.10. The summed E-state index contributed by atoms with van der Waals surface area (Å²) in [6.07, 6.45) is 1.48. The van der Waals surface area contributed by atoms with Crippen molar-refractivity contribution in [2.24, 2.45) is 5.10 Å². The molecule has 0 unspecified atom stereocenters. The van der Waals surface area contributed by atoms with Gasteiger partial charge >= 0.3 is 0 Å². The van der Waals surface area contributed by atoms with Gasteiger partial charge in [0.05, 0.1) is 24.4 Å². The van der Waals surface area contributed by atoms with Crippen LogP contribution in [0.2, 0.25) is 5.02 Å². The van der Waals surface area contributed by atoms with Gasteiger partial charge in [0.15, 0.2) is 11.5 Å². The zero-order chi connectivity index (χ0) is 26.6. The molecule has 10 heteroatoms. The number of methoxy groups -OCH3 is 1. The van der Waals surface area contributed by atoms with Gasteiger partial charge in [-0.25, -0.2) is 5.43 Å². The number of carbonyl (C=O) groups is 2. The van der Waals surface area contributed by atoms with E-state index in [1.165, 1.54) is 13.3 Å². The van der Waals surface area contributed by atoms with Gasteiger partial charge < -0.3 is 19.5 Å². The number of amides is 2. The van der Waals surface area contributed by atoms with E-state index in [4.69, 9.17) is 25.8 Å². The maximum atomic E-state index is 12.1. The maximum absolute atomic E-state index is 12.1. The minimum Gasteiger partial charge on any atom is -0.494 e. The molecule has 3 aromatic carbocycles. The number of benzene rings is 3. The summed E-state index contributed by atoms with van der Waals surface area (Å²) in [6, 6.07) is 18.0. The van der Waals surface area contributed by atoms with Gasteiger partial charge in [-0.15, -0.1) is 0 Å². The minimum absolute atomic E-state index is 0.0119. The molecule has 0 aliphatic rings. The van der Waals surface area contributed by atoms with E-state index in [0.29, 0.717) is 38.9 Å². The first-order valence-corrected chi connectivity index (χ1v) is 12.6. The second-order valence-electron chi connectivity index (χ2n) is 7.71. The maximum Gasteiger partial charge on any atom is 0.240 e. The highest BCUT2D eigenvalue weighted by Gasteiger charge is 2.13. The van der Waals surface area contributed by atoms with Crippen LogP contribution in [0.15, 0.2) is 70.2 Å². The molecule has 0 atom stereocenters. The molecule has 37 heavy (non-hydrogen) atoms. The van der Waals surface area contributed by atoms with E-state index in [9.17, 15) is 9.59 Å². The van der Waals surface area contributed by atoms with Crippen LogP contribution in [-0.2, 0) is 16.2 Å². The van der Waals surface area contributed by atoms with E-state index < -0.39 is 0 Å². The van der Waals surface area contributed by atoms with Crippen LogP contribution >= 0.6 is 27.5 Å². The molecule has 2 N–H and O–H groups in total. The summed E-state index contributed by atoms with van der Waals surface area (Å²) in [4.78, 5) is 24.2. The summed E-state index contributed by atoms with van der Waals surface area (Å²) in [5.41, 5.74) is 4.57. The lowest BCUT2D eigenvalue weighted by Gasteiger charge is -2.14. The Bertz CT molecular complexity index is 1250. The van der Waals surface area contributed by atoms with E-state index in [0.717, 1.165) is 11.3 Å². The average molecular weight is 589 g/mol. The van der Waals surface area contributed by atoms with Crippen molar-refractivity contribution in [2.75, 3.05) is 19.0 Å². The van der Waals surface area contributed by atoms with Crippen molar-refractivity contribution in [3.63, 3.8) is 0 Å². The number of carbonyl (C=O) groups excluding carboxylic acids is 2. The molecule has 8 nitrogen and oxygen atoms in total. The van der Waals surface area contributed by atoms with E-state index in [-0.39, 0.29) is 31.3 Å². The molecule has 0 aliphatic heterocycles. The van der Waals surface area contributed by atoms with E-state index in [2.05, 4.69) is 31.8 Å². The van der Waals surface area contributed by atoms with Crippen LogP contribution in [0.3, 0.4) is 0 Å². The monoisotopic (exact) mass is 587 g/mol. The van der Waals surface area contributed by atoms with Gasteiger partial charge in [-0.2, -0.15) is 5.10 Å². The van der Waals surface area contributed by atoms with Gasteiger partial charge in [0.1, 0.15) is 12.4 Å². The summed E-state index contributed by atoms with van der Waals surface area (Å²) in [5, 5.41) is 7.34. The number of halogens is 2. The SMILES string of the molecule is CCOc1ccc(NC(=O)CCC(=O)NN=Cc2cc(Br)c(OCc3ccccc3Cl)c(OC)c2)cc1. The van der Waals surface area contributed by atoms with Crippen molar-refractivity contribution in [1.29, 1.82) is 0 Å². The van der Waals surface area contributed by atoms with Crippen molar-refractivity contribution in [1.82, 2.24) is 5.43 Å². The summed E-state index contributed by atoms with van der Waals surface area (Å²) in [5.74, 6) is 1.07. The predicted octanol–water partition coefficient (Wildman–Crippen LogP) is 5.96. The number of hydrogen-bond acceptors (Lipinski definition) is 6. The Morgan fingerprint density at radius 1 is 1.03 bits per heavy atom. The van der Waals surface area contributed by atoms with Crippen molar-refractivity contribution >= 4 is 51.2 Å². The number of hydrogen-bond donors (Lipinski definition) is 2. The van der Waals surface area contributed by atoms with Gasteiger partial charge in [-0.1, -0.05) is 29.8 Å². The molecule has 0 aromatic heterocycles. The Balaban J connectivity index is 1.49. The summed E-state index contributed by atoms with van der Waals surface area (Å²) in [6.45, 7) is 2.74. The van der Waals surface area contributed by atoms with Crippen molar-refractivity contribution in [3.05, 3.63) is 81.3 Å². The van der Waals surface area contributed by atoms with Gasteiger partial charge in [-0.3, -0.25) is 9.59 Å². The van der Waals surface area contributed by atoms with Crippen molar-refractivity contribution in [3.8, 4) is 17.2 Å². The standard InChI is InChI=1S/C27H27BrClN3O5/c1-3-36-21-10-8-20(9-11-21)31-25(33)12-13-26(34)32-30-16-18-14-22(28)27(24(15-18)35-2)37-17-19-6-4-5-7-23(19)29/h4-11,14-16H,3,12-13,17H2,1-2H3,(H,31,33)(H,32,34). The van der Waals surface area contributed by atoms with Crippen molar-refractivity contribution < 1.29 is 23.8 Å². The molecule has 0 spiro atoms.